The van der Waals surface area contributed by atoms with Crippen LogP contribution in [0.4, 0.5) is 5.69 Å². The van der Waals surface area contributed by atoms with Gasteiger partial charge in [-0.1, -0.05) is 31.5 Å². The van der Waals surface area contributed by atoms with Crippen LogP contribution in [0.1, 0.15) is 46.2 Å². The van der Waals surface area contributed by atoms with E-state index in [9.17, 15) is 9.59 Å². The number of unbranched alkanes of at least 4 members (excludes halogenated alkanes) is 1. The number of carbonyl (C=O) groups excluding carboxylic acids is 2. The predicted octanol–water partition coefficient (Wildman–Crippen LogP) is 6.87. The van der Waals surface area contributed by atoms with Crippen molar-refractivity contribution >= 4 is 44.3 Å². The highest BCUT2D eigenvalue weighted by Gasteiger charge is 2.24. The molecule has 0 saturated carbocycles. The maximum atomic E-state index is 13.4. The van der Waals surface area contributed by atoms with Crippen LogP contribution in [0.2, 0.25) is 0 Å². The van der Waals surface area contributed by atoms with Crippen molar-refractivity contribution in [3.05, 3.63) is 88.1 Å². The molecule has 0 unspecified atom stereocenters. The van der Waals surface area contributed by atoms with Crippen LogP contribution < -0.4 is 14.8 Å². The Bertz CT molecular complexity index is 1340. The monoisotopic (exact) mass is 521 g/mol. The number of halogens is 1. The van der Waals surface area contributed by atoms with Crippen LogP contribution in [0.5, 0.6) is 11.5 Å². The number of benzene rings is 3. The Kier molecular flexibility index (Phi) is 7.33. The van der Waals surface area contributed by atoms with Crippen molar-refractivity contribution < 1.29 is 23.5 Å². The molecule has 0 aliphatic carbocycles. The van der Waals surface area contributed by atoms with E-state index in [2.05, 4.69) is 28.2 Å². The van der Waals surface area contributed by atoms with Crippen molar-refractivity contribution in [3.8, 4) is 11.5 Å². The molecule has 34 heavy (non-hydrogen) atoms. The summed E-state index contributed by atoms with van der Waals surface area (Å²) in [6.45, 7) is 2.68. The third-order valence-electron chi connectivity index (χ3n) is 5.32. The average Bonchev–Trinajstić information content (AvgIpc) is 3.22. The van der Waals surface area contributed by atoms with E-state index < -0.39 is 0 Å². The highest BCUT2D eigenvalue weighted by molar-refractivity contribution is 9.10. The molecule has 1 aromatic heterocycles. The molecule has 174 valence electrons. The Hall–Kier alpha value is -3.58. The number of ketones is 1. The van der Waals surface area contributed by atoms with E-state index in [0.29, 0.717) is 50.4 Å². The van der Waals surface area contributed by atoms with E-state index in [-0.39, 0.29) is 17.5 Å². The molecule has 0 radical (unpaired) electrons. The van der Waals surface area contributed by atoms with Crippen molar-refractivity contribution in [1.29, 1.82) is 0 Å². The number of amides is 1. The zero-order chi connectivity index (χ0) is 24.1. The quantitative estimate of drug-likeness (QED) is 0.192. The highest BCUT2D eigenvalue weighted by Crippen LogP contribution is 2.34. The first kappa shape index (κ1) is 23.6. The summed E-state index contributed by atoms with van der Waals surface area (Å²) < 4.78 is 17.5. The smallest absolute Gasteiger partial charge is 0.255 e. The summed E-state index contributed by atoms with van der Waals surface area (Å²) in [5.74, 6) is 0.569. The first-order chi connectivity index (χ1) is 16.5. The topological polar surface area (TPSA) is 77.8 Å². The van der Waals surface area contributed by atoms with Crippen LogP contribution in [0, 0.1) is 0 Å². The SMILES string of the molecule is CCCCOc1cccc(C(=O)Nc2c(C(=O)c3ccc(OC)c(Br)c3)oc3ccccc23)c1. The summed E-state index contributed by atoms with van der Waals surface area (Å²) in [6, 6.07) is 19.2. The Balaban J connectivity index is 1.67. The van der Waals surface area contributed by atoms with Gasteiger partial charge in [-0.2, -0.15) is 0 Å². The van der Waals surface area contributed by atoms with Gasteiger partial charge in [-0.05, 0) is 70.9 Å². The highest BCUT2D eigenvalue weighted by atomic mass is 79.9. The number of hydrogen-bond acceptors (Lipinski definition) is 5. The molecule has 0 atom stereocenters. The number of nitrogens with one attached hydrogen (secondary N) is 1. The summed E-state index contributed by atoms with van der Waals surface area (Å²) in [4.78, 5) is 26.5. The number of ether oxygens (including phenoxy) is 2. The van der Waals surface area contributed by atoms with Gasteiger partial charge in [0.15, 0.2) is 5.76 Å². The fourth-order valence-corrected chi connectivity index (χ4v) is 4.06. The van der Waals surface area contributed by atoms with Gasteiger partial charge in [-0.3, -0.25) is 9.59 Å². The lowest BCUT2D eigenvalue weighted by Gasteiger charge is -2.09. The fourth-order valence-electron chi connectivity index (χ4n) is 3.52. The Morgan fingerprint density at radius 3 is 2.59 bits per heavy atom. The van der Waals surface area contributed by atoms with Crippen LogP contribution in [0.3, 0.4) is 0 Å². The lowest BCUT2D eigenvalue weighted by atomic mass is 10.1. The van der Waals surface area contributed by atoms with Gasteiger partial charge in [0.05, 0.1) is 23.9 Å². The average molecular weight is 522 g/mol. The molecule has 0 bridgehead atoms. The van der Waals surface area contributed by atoms with Crippen LogP contribution >= 0.6 is 15.9 Å². The van der Waals surface area contributed by atoms with Gasteiger partial charge in [-0.25, -0.2) is 0 Å². The van der Waals surface area contributed by atoms with Crippen molar-refractivity contribution in [2.24, 2.45) is 0 Å². The second-order valence-electron chi connectivity index (χ2n) is 7.66. The molecule has 1 amide bonds. The maximum Gasteiger partial charge on any atom is 0.255 e. The maximum absolute atomic E-state index is 13.4. The van der Waals surface area contributed by atoms with Crippen LogP contribution in [0.25, 0.3) is 11.0 Å². The van der Waals surface area contributed by atoms with E-state index in [4.69, 9.17) is 13.9 Å². The Morgan fingerprint density at radius 1 is 1.00 bits per heavy atom. The molecule has 7 heteroatoms. The van der Waals surface area contributed by atoms with Crippen molar-refractivity contribution in [1.82, 2.24) is 0 Å². The molecule has 0 aliphatic heterocycles. The first-order valence-electron chi connectivity index (χ1n) is 11.0. The summed E-state index contributed by atoms with van der Waals surface area (Å²) in [5, 5.41) is 3.53. The molecule has 0 aliphatic rings. The van der Waals surface area contributed by atoms with Crippen LogP contribution in [-0.4, -0.2) is 25.4 Å². The number of para-hydroxylation sites is 1. The molecular weight excluding hydrogens is 498 g/mol. The van der Waals surface area contributed by atoms with Gasteiger partial charge in [0.2, 0.25) is 5.78 Å². The minimum atomic E-state index is -0.363. The Labute approximate surface area is 206 Å². The Morgan fingerprint density at radius 2 is 1.82 bits per heavy atom. The minimum absolute atomic E-state index is 0.0574. The van der Waals surface area contributed by atoms with Crippen LogP contribution in [-0.2, 0) is 0 Å². The molecule has 3 aromatic carbocycles. The molecule has 0 saturated heterocycles. The second kappa shape index (κ2) is 10.6. The van der Waals surface area contributed by atoms with E-state index in [1.165, 1.54) is 0 Å². The zero-order valence-corrected chi connectivity index (χ0v) is 20.5. The summed E-state index contributed by atoms with van der Waals surface area (Å²) in [6.07, 6.45) is 1.96. The lowest BCUT2D eigenvalue weighted by Crippen LogP contribution is -2.14. The van der Waals surface area contributed by atoms with E-state index in [1.807, 2.05) is 18.2 Å². The van der Waals surface area contributed by atoms with Gasteiger partial charge in [0, 0.05) is 16.5 Å². The summed E-state index contributed by atoms with van der Waals surface area (Å²) >= 11 is 3.41. The molecule has 0 fully saturated rings. The third-order valence-corrected chi connectivity index (χ3v) is 5.94. The van der Waals surface area contributed by atoms with Gasteiger partial charge in [0.25, 0.3) is 5.91 Å². The fraction of sp³-hybridized carbons (Fsp3) is 0.185. The van der Waals surface area contributed by atoms with Gasteiger partial charge in [-0.15, -0.1) is 0 Å². The largest absolute Gasteiger partial charge is 0.496 e. The molecular formula is C27H24BrNO5. The number of furan rings is 1. The molecule has 4 rings (SSSR count). The van der Waals surface area contributed by atoms with Gasteiger partial charge >= 0.3 is 0 Å². The standard InChI is InChI=1S/C27H24BrNO5/c1-3-4-14-33-19-9-7-8-18(15-19)27(31)29-24-20-10-5-6-11-22(20)34-26(24)25(30)17-12-13-23(32-2)21(28)16-17/h5-13,15-16H,3-4,14H2,1-2H3,(H,29,31). The second-order valence-corrected chi connectivity index (χ2v) is 8.52. The summed E-state index contributed by atoms with van der Waals surface area (Å²) in [7, 11) is 1.55. The first-order valence-corrected chi connectivity index (χ1v) is 11.7. The number of anilines is 1. The minimum Gasteiger partial charge on any atom is -0.496 e. The van der Waals surface area contributed by atoms with Crippen molar-refractivity contribution in [2.75, 3.05) is 19.0 Å². The third kappa shape index (κ3) is 4.99. The van der Waals surface area contributed by atoms with Crippen molar-refractivity contribution in [2.45, 2.75) is 19.8 Å². The molecule has 1 N–H and O–H groups in total. The molecule has 4 aromatic rings. The lowest BCUT2D eigenvalue weighted by molar-refractivity contribution is 0.101. The normalized spacial score (nSPS) is 10.8. The number of hydrogen-bond donors (Lipinski definition) is 1. The molecule has 0 spiro atoms. The van der Waals surface area contributed by atoms with Gasteiger partial charge in [0.1, 0.15) is 17.1 Å². The zero-order valence-electron chi connectivity index (χ0n) is 18.9. The number of methoxy groups -OCH3 is 1. The van der Waals surface area contributed by atoms with E-state index >= 15 is 0 Å². The van der Waals surface area contributed by atoms with Crippen LogP contribution in [0.15, 0.2) is 75.6 Å². The van der Waals surface area contributed by atoms with E-state index in [1.54, 1.807) is 55.6 Å². The van der Waals surface area contributed by atoms with Crippen molar-refractivity contribution in [3.63, 3.8) is 0 Å². The number of carbonyl (C=O) groups is 2. The van der Waals surface area contributed by atoms with E-state index in [0.717, 1.165) is 12.8 Å². The van der Waals surface area contributed by atoms with Gasteiger partial charge < -0.3 is 19.2 Å². The predicted molar refractivity (Wildman–Crippen MR) is 135 cm³/mol. The molecule has 6 nitrogen and oxygen atoms in total. The number of rotatable bonds is 9. The summed E-state index contributed by atoms with van der Waals surface area (Å²) in [5.41, 5.74) is 1.65. The number of fused-ring (bicyclic) bond motifs is 1. The molecule has 1 heterocycles.